The highest BCUT2D eigenvalue weighted by molar-refractivity contribution is 7.99. The van der Waals surface area contributed by atoms with Crippen molar-refractivity contribution in [1.29, 1.82) is 0 Å². The van der Waals surface area contributed by atoms with Gasteiger partial charge in [0.15, 0.2) is 5.16 Å². The molecule has 0 N–H and O–H groups in total. The maximum absolute atomic E-state index is 13.0. The smallest absolute Gasteiger partial charge is 0.233 e. The first-order valence-electron chi connectivity index (χ1n) is 9.68. The maximum Gasteiger partial charge on any atom is 0.233 e. The highest BCUT2D eigenvalue weighted by Crippen LogP contribution is 2.23. The summed E-state index contributed by atoms with van der Waals surface area (Å²) >= 11 is 1.48. The number of furan rings is 1. The van der Waals surface area contributed by atoms with Crippen LogP contribution >= 0.6 is 11.8 Å². The Balaban J connectivity index is 1.44. The van der Waals surface area contributed by atoms with Gasteiger partial charge in [-0.3, -0.25) is 4.79 Å². The number of amides is 1. The van der Waals surface area contributed by atoms with Crippen LogP contribution in [0.1, 0.15) is 36.4 Å². The number of rotatable bonds is 7. The van der Waals surface area contributed by atoms with E-state index in [0.29, 0.717) is 18.8 Å². The van der Waals surface area contributed by atoms with Crippen LogP contribution in [0.2, 0.25) is 0 Å². The van der Waals surface area contributed by atoms with Crippen molar-refractivity contribution in [1.82, 2.24) is 19.7 Å². The van der Waals surface area contributed by atoms with Crippen molar-refractivity contribution in [2.24, 2.45) is 0 Å². The van der Waals surface area contributed by atoms with Gasteiger partial charge < -0.3 is 13.9 Å². The Labute approximate surface area is 168 Å². The average molecular weight is 397 g/mol. The van der Waals surface area contributed by atoms with Gasteiger partial charge in [0.1, 0.15) is 11.6 Å². The highest BCUT2D eigenvalue weighted by atomic mass is 32.2. The lowest BCUT2D eigenvalue weighted by Crippen LogP contribution is -2.31. The van der Waals surface area contributed by atoms with Crippen molar-refractivity contribution >= 4 is 17.7 Å². The SMILES string of the molecule is O=C(CSc1nnc2n1CCCCC2)N(Cc1ccccc1)Cc1ccco1. The third-order valence-electron chi connectivity index (χ3n) is 4.90. The lowest BCUT2D eigenvalue weighted by atomic mass is 10.2. The van der Waals surface area contributed by atoms with Crippen LogP contribution in [-0.2, 0) is 30.8 Å². The number of fused-ring (bicyclic) bond motifs is 1. The first kappa shape index (κ1) is 18.8. The first-order chi connectivity index (χ1) is 13.8. The van der Waals surface area contributed by atoms with Crippen LogP contribution in [0, 0.1) is 0 Å². The number of carbonyl (C=O) groups is 1. The maximum atomic E-state index is 13.0. The van der Waals surface area contributed by atoms with Crippen molar-refractivity contribution in [2.75, 3.05) is 5.75 Å². The largest absolute Gasteiger partial charge is 0.467 e. The zero-order valence-electron chi connectivity index (χ0n) is 15.8. The minimum atomic E-state index is 0.0659. The fourth-order valence-corrected chi connectivity index (χ4v) is 4.30. The molecule has 0 saturated carbocycles. The summed E-state index contributed by atoms with van der Waals surface area (Å²) in [7, 11) is 0. The van der Waals surface area contributed by atoms with Crippen molar-refractivity contribution in [3.8, 4) is 0 Å². The normalized spacial score (nSPS) is 13.7. The summed E-state index contributed by atoms with van der Waals surface area (Å²) in [6, 6.07) is 13.8. The van der Waals surface area contributed by atoms with Crippen LogP contribution < -0.4 is 0 Å². The number of aromatic nitrogens is 3. The summed E-state index contributed by atoms with van der Waals surface area (Å²) in [6.45, 7) is 1.96. The number of benzene rings is 1. The first-order valence-corrected chi connectivity index (χ1v) is 10.7. The van der Waals surface area contributed by atoms with E-state index in [1.165, 1.54) is 18.2 Å². The molecule has 3 heterocycles. The second kappa shape index (κ2) is 9.10. The van der Waals surface area contributed by atoms with Gasteiger partial charge in [-0.2, -0.15) is 0 Å². The molecule has 1 aliphatic heterocycles. The predicted octanol–water partition coefficient (Wildman–Crippen LogP) is 3.92. The Bertz CT molecular complexity index is 893. The number of carbonyl (C=O) groups excluding carboxylic acids is 1. The van der Waals surface area contributed by atoms with Gasteiger partial charge in [0.25, 0.3) is 0 Å². The highest BCUT2D eigenvalue weighted by Gasteiger charge is 2.20. The predicted molar refractivity (Wildman–Crippen MR) is 108 cm³/mol. The number of hydrogen-bond donors (Lipinski definition) is 0. The van der Waals surface area contributed by atoms with E-state index in [9.17, 15) is 4.79 Å². The molecule has 28 heavy (non-hydrogen) atoms. The fourth-order valence-electron chi connectivity index (χ4n) is 3.41. The Hall–Kier alpha value is -2.54. The monoisotopic (exact) mass is 396 g/mol. The lowest BCUT2D eigenvalue weighted by Gasteiger charge is -2.21. The minimum Gasteiger partial charge on any atom is -0.467 e. The molecule has 0 aliphatic carbocycles. The van der Waals surface area contributed by atoms with Gasteiger partial charge in [-0.05, 0) is 30.5 Å². The molecule has 1 aromatic carbocycles. The quantitative estimate of drug-likeness (QED) is 0.567. The topological polar surface area (TPSA) is 64.2 Å². The van der Waals surface area contributed by atoms with E-state index in [1.807, 2.05) is 47.4 Å². The Kier molecular flexibility index (Phi) is 6.11. The second-order valence-corrected chi connectivity index (χ2v) is 7.91. The van der Waals surface area contributed by atoms with Crippen molar-refractivity contribution in [3.05, 3.63) is 65.9 Å². The van der Waals surface area contributed by atoms with Gasteiger partial charge in [0.2, 0.25) is 5.91 Å². The molecule has 1 amide bonds. The second-order valence-electron chi connectivity index (χ2n) is 6.96. The number of thioether (sulfide) groups is 1. The Morgan fingerprint density at radius 1 is 1.07 bits per heavy atom. The molecule has 146 valence electrons. The van der Waals surface area contributed by atoms with E-state index in [-0.39, 0.29) is 5.91 Å². The molecule has 0 unspecified atom stereocenters. The van der Waals surface area contributed by atoms with Crippen LogP contribution in [0.15, 0.2) is 58.3 Å². The Morgan fingerprint density at radius 2 is 1.96 bits per heavy atom. The summed E-state index contributed by atoms with van der Waals surface area (Å²) in [6.07, 6.45) is 6.14. The van der Waals surface area contributed by atoms with E-state index in [1.54, 1.807) is 6.26 Å². The standard InChI is InChI=1S/C21H24N4O2S/c26-20(16-28-21-23-22-19-11-5-2-6-12-25(19)21)24(15-18-10-7-13-27-18)14-17-8-3-1-4-9-17/h1,3-4,7-10,13H,2,5-6,11-12,14-16H2. The molecule has 7 heteroatoms. The molecule has 6 nitrogen and oxygen atoms in total. The third kappa shape index (κ3) is 4.65. The summed E-state index contributed by atoms with van der Waals surface area (Å²) in [5.74, 6) is 2.23. The minimum absolute atomic E-state index is 0.0659. The average Bonchev–Trinajstić information content (AvgIpc) is 3.30. The molecular weight excluding hydrogens is 372 g/mol. The van der Waals surface area contributed by atoms with Gasteiger partial charge in [0.05, 0.1) is 18.6 Å². The number of nitrogens with zero attached hydrogens (tertiary/aromatic N) is 4. The molecule has 0 bridgehead atoms. The molecule has 2 aromatic heterocycles. The van der Waals surface area contributed by atoms with Crippen molar-refractivity contribution in [3.63, 3.8) is 0 Å². The van der Waals surface area contributed by atoms with Crippen LogP contribution in [0.25, 0.3) is 0 Å². The van der Waals surface area contributed by atoms with Gasteiger partial charge in [-0.1, -0.05) is 48.5 Å². The number of aryl methyl sites for hydroxylation is 1. The van der Waals surface area contributed by atoms with Crippen LogP contribution in [-0.4, -0.2) is 31.3 Å². The lowest BCUT2D eigenvalue weighted by molar-refractivity contribution is -0.129. The van der Waals surface area contributed by atoms with E-state index in [0.717, 1.165) is 48.1 Å². The Morgan fingerprint density at radius 3 is 2.79 bits per heavy atom. The zero-order chi connectivity index (χ0) is 19.2. The van der Waals surface area contributed by atoms with Crippen LogP contribution in [0.3, 0.4) is 0 Å². The third-order valence-corrected chi connectivity index (χ3v) is 5.85. The molecule has 0 radical (unpaired) electrons. The van der Waals surface area contributed by atoms with Crippen molar-refractivity contribution in [2.45, 2.75) is 50.5 Å². The molecule has 4 rings (SSSR count). The van der Waals surface area contributed by atoms with Crippen molar-refractivity contribution < 1.29 is 9.21 Å². The molecular formula is C21H24N4O2S. The zero-order valence-corrected chi connectivity index (χ0v) is 16.6. The molecule has 0 saturated heterocycles. The molecule has 3 aromatic rings. The summed E-state index contributed by atoms with van der Waals surface area (Å²) in [5, 5.41) is 9.49. The summed E-state index contributed by atoms with van der Waals surface area (Å²) in [5.41, 5.74) is 1.10. The van der Waals surface area contributed by atoms with E-state index < -0.39 is 0 Å². The van der Waals surface area contributed by atoms with E-state index in [2.05, 4.69) is 14.8 Å². The fraction of sp³-hybridized carbons (Fsp3) is 0.381. The molecule has 0 spiro atoms. The van der Waals surface area contributed by atoms with Crippen LogP contribution in [0.4, 0.5) is 0 Å². The number of hydrogen-bond acceptors (Lipinski definition) is 5. The van der Waals surface area contributed by atoms with Gasteiger partial charge in [0, 0.05) is 19.5 Å². The molecule has 0 atom stereocenters. The summed E-state index contributed by atoms with van der Waals surface area (Å²) < 4.78 is 7.64. The summed E-state index contributed by atoms with van der Waals surface area (Å²) in [4.78, 5) is 14.8. The van der Waals surface area contributed by atoms with Gasteiger partial charge in [-0.15, -0.1) is 10.2 Å². The van der Waals surface area contributed by atoms with E-state index >= 15 is 0 Å². The van der Waals surface area contributed by atoms with Gasteiger partial charge >= 0.3 is 0 Å². The van der Waals surface area contributed by atoms with Gasteiger partial charge in [-0.25, -0.2) is 0 Å². The molecule has 1 aliphatic rings. The van der Waals surface area contributed by atoms with E-state index in [4.69, 9.17) is 4.42 Å². The van der Waals surface area contributed by atoms with Crippen LogP contribution in [0.5, 0.6) is 0 Å². The molecule has 0 fully saturated rings.